The number of carbonyl (C=O) groups excluding carboxylic acids is 1. The minimum atomic E-state index is -0.0569. The third kappa shape index (κ3) is 3.70. The van der Waals surface area contributed by atoms with E-state index in [-0.39, 0.29) is 5.91 Å². The topological polar surface area (TPSA) is 50.4 Å². The van der Waals surface area contributed by atoms with Crippen LogP contribution >= 0.6 is 0 Å². The number of hydrogen-bond donors (Lipinski definition) is 2. The van der Waals surface area contributed by atoms with Crippen molar-refractivity contribution in [1.82, 2.24) is 10.6 Å². The molecule has 2 rings (SSSR count). The number of methoxy groups -OCH3 is 1. The molecule has 1 aromatic carbocycles. The fraction of sp³-hybridized carbons (Fsp3) is 0.533. The first kappa shape index (κ1) is 13.9. The molecule has 1 aliphatic rings. The molecular formula is C15H22N2O2. The molecule has 1 aromatic rings. The molecule has 4 nitrogen and oxygen atoms in total. The largest absolute Gasteiger partial charge is 0.496 e. The quantitative estimate of drug-likeness (QED) is 0.852. The Labute approximate surface area is 114 Å². The summed E-state index contributed by atoms with van der Waals surface area (Å²) in [6, 6.07) is 6.20. The molecule has 104 valence electrons. The van der Waals surface area contributed by atoms with Crippen molar-refractivity contribution in [3.05, 3.63) is 29.3 Å². The maximum Gasteiger partial charge on any atom is 0.255 e. The van der Waals surface area contributed by atoms with Gasteiger partial charge in [-0.1, -0.05) is 11.6 Å². The SMILES string of the molecule is COc1ccc(C)cc1C(=O)NCC[C@H]1CCCN1. The van der Waals surface area contributed by atoms with Crippen LogP contribution in [0.2, 0.25) is 0 Å². The van der Waals surface area contributed by atoms with E-state index in [2.05, 4.69) is 10.6 Å². The van der Waals surface area contributed by atoms with E-state index in [1.54, 1.807) is 7.11 Å². The fourth-order valence-electron chi connectivity index (χ4n) is 2.46. The van der Waals surface area contributed by atoms with E-state index in [1.807, 2.05) is 25.1 Å². The van der Waals surface area contributed by atoms with Crippen molar-refractivity contribution in [3.8, 4) is 5.75 Å². The first-order valence-corrected chi connectivity index (χ1v) is 6.87. The van der Waals surface area contributed by atoms with Gasteiger partial charge in [-0.05, 0) is 44.9 Å². The zero-order chi connectivity index (χ0) is 13.7. The Hall–Kier alpha value is -1.55. The predicted octanol–water partition coefficient (Wildman–Crippen LogP) is 1.88. The minimum Gasteiger partial charge on any atom is -0.496 e. The Balaban J connectivity index is 1.89. The third-order valence-corrected chi connectivity index (χ3v) is 3.54. The van der Waals surface area contributed by atoms with Gasteiger partial charge in [-0.15, -0.1) is 0 Å². The second-order valence-corrected chi connectivity index (χ2v) is 5.04. The molecule has 19 heavy (non-hydrogen) atoms. The number of aryl methyl sites for hydroxylation is 1. The summed E-state index contributed by atoms with van der Waals surface area (Å²) in [7, 11) is 1.59. The molecule has 0 radical (unpaired) electrons. The van der Waals surface area contributed by atoms with Crippen molar-refractivity contribution >= 4 is 5.91 Å². The van der Waals surface area contributed by atoms with E-state index < -0.39 is 0 Å². The average Bonchev–Trinajstić information content (AvgIpc) is 2.91. The number of carbonyl (C=O) groups is 1. The number of hydrogen-bond acceptors (Lipinski definition) is 3. The van der Waals surface area contributed by atoms with Crippen LogP contribution in [0.4, 0.5) is 0 Å². The number of amides is 1. The minimum absolute atomic E-state index is 0.0569. The van der Waals surface area contributed by atoms with Crippen molar-refractivity contribution in [2.24, 2.45) is 0 Å². The molecule has 1 heterocycles. The van der Waals surface area contributed by atoms with Crippen LogP contribution in [-0.4, -0.2) is 32.1 Å². The highest BCUT2D eigenvalue weighted by Crippen LogP contribution is 2.19. The molecule has 0 spiro atoms. The van der Waals surface area contributed by atoms with Crippen LogP contribution in [-0.2, 0) is 0 Å². The second-order valence-electron chi connectivity index (χ2n) is 5.04. The van der Waals surface area contributed by atoms with Crippen molar-refractivity contribution in [2.45, 2.75) is 32.2 Å². The van der Waals surface area contributed by atoms with Gasteiger partial charge in [0.2, 0.25) is 0 Å². The van der Waals surface area contributed by atoms with E-state index in [0.29, 0.717) is 23.9 Å². The lowest BCUT2D eigenvalue weighted by Crippen LogP contribution is -2.30. The van der Waals surface area contributed by atoms with Gasteiger partial charge in [0.1, 0.15) is 5.75 Å². The molecular weight excluding hydrogens is 240 g/mol. The van der Waals surface area contributed by atoms with Crippen molar-refractivity contribution in [2.75, 3.05) is 20.2 Å². The lowest BCUT2D eigenvalue weighted by atomic mass is 10.1. The average molecular weight is 262 g/mol. The number of nitrogens with one attached hydrogen (secondary N) is 2. The first-order chi connectivity index (χ1) is 9.20. The smallest absolute Gasteiger partial charge is 0.255 e. The first-order valence-electron chi connectivity index (χ1n) is 6.87. The van der Waals surface area contributed by atoms with Crippen LogP contribution in [0.25, 0.3) is 0 Å². The van der Waals surface area contributed by atoms with Crippen LogP contribution in [0.5, 0.6) is 5.75 Å². The lowest BCUT2D eigenvalue weighted by molar-refractivity contribution is 0.0949. The van der Waals surface area contributed by atoms with E-state index in [4.69, 9.17) is 4.74 Å². The van der Waals surface area contributed by atoms with Gasteiger partial charge in [0.25, 0.3) is 5.91 Å². The van der Waals surface area contributed by atoms with Crippen molar-refractivity contribution < 1.29 is 9.53 Å². The maximum atomic E-state index is 12.1. The zero-order valence-corrected chi connectivity index (χ0v) is 11.7. The van der Waals surface area contributed by atoms with Crippen molar-refractivity contribution in [1.29, 1.82) is 0 Å². The van der Waals surface area contributed by atoms with Crippen LogP contribution in [0.15, 0.2) is 18.2 Å². The highest BCUT2D eigenvalue weighted by Gasteiger charge is 2.15. The summed E-state index contributed by atoms with van der Waals surface area (Å²) in [6.07, 6.45) is 3.44. The van der Waals surface area contributed by atoms with Crippen LogP contribution in [0, 0.1) is 6.92 Å². The zero-order valence-electron chi connectivity index (χ0n) is 11.7. The summed E-state index contributed by atoms with van der Waals surface area (Å²) >= 11 is 0. The molecule has 1 fully saturated rings. The molecule has 4 heteroatoms. The third-order valence-electron chi connectivity index (χ3n) is 3.54. The summed E-state index contributed by atoms with van der Waals surface area (Å²) < 4.78 is 5.23. The predicted molar refractivity (Wildman–Crippen MR) is 75.7 cm³/mol. The van der Waals surface area contributed by atoms with Crippen molar-refractivity contribution in [3.63, 3.8) is 0 Å². The summed E-state index contributed by atoms with van der Waals surface area (Å²) in [4.78, 5) is 12.1. The molecule has 0 unspecified atom stereocenters. The van der Waals surface area contributed by atoms with Gasteiger partial charge in [-0.25, -0.2) is 0 Å². The van der Waals surface area contributed by atoms with Gasteiger partial charge >= 0.3 is 0 Å². The molecule has 0 bridgehead atoms. The molecule has 2 N–H and O–H groups in total. The van der Waals surface area contributed by atoms with E-state index in [1.165, 1.54) is 12.8 Å². The summed E-state index contributed by atoms with van der Waals surface area (Å²) in [5.74, 6) is 0.570. The standard InChI is InChI=1S/C15H22N2O2/c1-11-5-6-14(19-2)13(10-11)15(18)17-9-7-12-4-3-8-16-12/h5-6,10,12,16H,3-4,7-9H2,1-2H3,(H,17,18)/t12-/m1/s1. The Bertz CT molecular complexity index is 440. The molecule has 0 aromatic heterocycles. The van der Waals surface area contributed by atoms with Gasteiger partial charge in [0, 0.05) is 12.6 Å². The highest BCUT2D eigenvalue weighted by atomic mass is 16.5. The van der Waals surface area contributed by atoms with Crippen LogP contribution in [0.3, 0.4) is 0 Å². The Morgan fingerprint density at radius 2 is 2.37 bits per heavy atom. The Morgan fingerprint density at radius 1 is 1.53 bits per heavy atom. The molecule has 0 saturated carbocycles. The molecule has 1 amide bonds. The van der Waals surface area contributed by atoms with Gasteiger partial charge in [-0.3, -0.25) is 4.79 Å². The number of benzene rings is 1. The summed E-state index contributed by atoms with van der Waals surface area (Å²) in [5, 5.41) is 6.39. The normalized spacial score (nSPS) is 18.3. The Kier molecular flexibility index (Phi) is 4.80. The number of ether oxygens (including phenoxy) is 1. The summed E-state index contributed by atoms with van der Waals surface area (Å²) in [6.45, 7) is 3.77. The van der Waals surface area contributed by atoms with E-state index >= 15 is 0 Å². The second kappa shape index (κ2) is 6.57. The van der Waals surface area contributed by atoms with Crippen LogP contribution in [0.1, 0.15) is 35.2 Å². The molecule has 1 atom stereocenters. The summed E-state index contributed by atoms with van der Waals surface area (Å²) in [5.41, 5.74) is 1.67. The molecule has 1 saturated heterocycles. The fourth-order valence-corrected chi connectivity index (χ4v) is 2.46. The van der Waals surface area contributed by atoms with Gasteiger partial charge < -0.3 is 15.4 Å². The number of rotatable bonds is 5. The maximum absolute atomic E-state index is 12.1. The molecule has 1 aliphatic heterocycles. The van der Waals surface area contributed by atoms with Gasteiger partial charge in [0.15, 0.2) is 0 Å². The highest BCUT2D eigenvalue weighted by molar-refractivity contribution is 5.97. The Morgan fingerprint density at radius 3 is 3.05 bits per heavy atom. The van der Waals surface area contributed by atoms with Gasteiger partial charge in [0.05, 0.1) is 12.7 Å². The lowest BCUT2D eigenvalue weighted by Gasteiger charge is -2.12. The van der Waals surface area contributed by atoms with Gasteiger partial charge in [-0.2, -0.15) is 0 Å². The monoisotopic (exact) mass is 262 g/mol. The van der Waals surface area contributed by atoms with E-state index in [9.17, 15) is 4.79 Å². The van der Waals surface area contributed by atoms with E-state index in [0.717, 1.165) is 18.5 Å². The molecule has 0 aliphatic carbocycles. The van der Waals surface area contributed by atoms with Crippen LogP contribution < -0.4 is 15.4 Å².